The Morgan fingerprint density at radius 3 is 2.14 bits per heavy atom. The lowest BCUT2D eigenvalue weighted by Crippen LogP contribution is -2.54. The summed E-state index contributed by atoms with van der Waals surface area (Å²) >= 11 is 0. The van der Waals surface area contributed by atoms with Crippen molar-refractivity contribution in [1.29, 1.82) is 0 Å². The highest BCUT2D eigenvalue weighted by Gasteiger charge is 2.62. The molecule has 3 aliphatic heterocycles. The zero-order valence-electron chi connectivity index (χ0n) is 35.4. The molecule has 1 N–H and O–H groups in total. The number of rotatable bonds is 8. The molecular formula is C45H62N6O6S. The van der Waals surface area contributed by atoms with Crippen molar-refractivity contribution in [3.8, 4) is 17.0 Å². The third-order valence-electron chi connectivity index (χ3n) is 14.0. The molecule has 5 aliphatic rings. The molecule has 13 heteroatoms. The van der Waals surface area contributed by atoms with E-state index < -0.39 is 21.5 Å². The Balaban J connectivity index is 1.20. The minimum Gasteiger partial charge on any atom is -0.497 e. The Bertz CT molecular complexity index is 2190. The van der Waals surface area contributed by atoms with Gasteiger partial charge in [-0.05, 0) is 131 Å². The molecule has 4 heterocycles. The van der Waals surface area contributed by atoms with Gasteiger partial charge in [0.25, 0.3) is 5.91 Å². The fourth-order valence-corrected chi connectivity index (χ4v) is 11.6. The van der Waals surface area contributed by atoms with E-state index in [2.05, 4.69) is 58.9 Å². The molecule has 4 atom stereocenters. The fraction of sp³-hybridized carbons (Fsp3) is 0.622. The quantitative estimate of drug-likeness (QED) is 0.265. The first-order valence-corrected chi connectivity index (χ1v) is 23.0. The number of likely N-dealkylation sites (tertiary alicyclic amines) is 2. The number of aromatic nitrogens is 1. The number of carbonyl (C=O) groups excluding carboxylic acids is 3. The van der Waals surface area contributed by atoms with Crippen LogP contribution in [0.25, 0.3) is 22.2 Å². The van der Waals surface area contributed by atoms with Gasteiger partial charge in [0.1, 0.15) is 5.75 Å². The van der Waals surface area contributed by atoms with Crippen molar-refractivity contribution in [2.75, 3.05) is 47.4 Å². The second-order valence-electron chi connectivity index (χ2n) is 18.7. The van der Waals surface area contributed by atoms with Gasteiger partial charge in [-0.3, -0.25) is 9.59 Å². The Morgan fingerprint density at radius 2 is 1.52 bits per heavy atom. The minimum atomic E-state index is -4.01. The van der Waals surface area contributed by atoms with E-state index in [1.54, 1.807) is 13.2 Å². The first kappa shape index (κ1) is 40.7. The topological polar surface area (TPSA) is 124 Å². The maximum Gasteiger partial charge on any atom is 0.320 e. The monoisotopic (exact) mass is 814 g/mol. The van der Waals surface area contributed by atoms with E-state index in [1.807, 2.05) is 23.1 Å². The van der Waals surface area contributed by atoms with Gasteiger partial charge < -0.3 is 24.0 Å². The molecular weight excluding hydrogens is 753 g/mol. The van der Waals surface area contributed by atoms with Crippen LogP contribution in [0.15, 0.2) is 36.4 Å². The van der Waals surface area contributed by atoms with Crippen LogP contribution in [0.4, 0.5) is 4.79 Å². The van der Waals surface area contributed by atoms with Gasteiger partial charge in [0, 0.05) is 80.9 Å². The third-order valence-corrected chi connectivity index (χ3v) is 15.4. The van der Waals surface area contributed by atoms with E-state index in [4.69, 9.17) is 4.74 Å². The van der Waals surface area contributed by atoms with E-state index in [9.17, 15) is 18.0 Å². The smallest absolute Gasteiger partial charge is 0.320 e. The van der Waals surface area contributed by atoms with Gasteiger partial charge in [-0.2, -0.15) is 12.7 Å². The predicted octanol–water partition coefficient (Wildman–Crippen LogP) is 6.87. The van der Waals surface area contributed by atoms with Crippen molar-refractivity contribution in [3.05, 3.63) is 53.1 Å². The highest BCUT2D eigenvalue weighted by Crippen LogP contribution is 2.60. The Hall–Kier alpha value is -4.10. The highest BCUT2D eigenvalue weighted by atomic mass is 32.2. The maximum atomic E-state index is 15.4. The normalized spacial score (nSPS) is 24.8. The van der Waals surface area contributed by atoms with Crippen LogP contribution in [0.1, 0.15) is 106 Å². The molecule has 4 fully saturated rings. The molecule has 2 aromatic carbocycles. The standard InChI is InChI=1S/C45H62N6O6S/c1-28(2)51(29(3)4)44(54)49-25-30-13-14-31(26-49)24-48(23-30)43(53)45-22-35(45)19-34-20-36(57-7)16-18-37(34)41-40(32-11-9-8-10-12-32)38-17-15-33(21-39(38)50(41)27-45)42(52)46-58(55,56)47(5)6/h15-18,20-21,28-32,35H,8-14,19,22-27H2,1-7H3,(H,46,52)/t30-,31+,35-,45+/m1/s1. The summed E-state index contributed by atoms with van der Waals surface area (Å²) in [4.78, 5) is 49.1. The molecule has 0 spiro atoms. The SMILES string of the molecule is COc1ccc2c(c1)C[C@@H]1C[C@]1(C(=O)N1C[C@@H]3CC[C@@H](CN(C(=O)N(C(C)C)C(C)C)C3)C1)Cn1c-2c(C2CCCCC2)c2ccc(C(=O)NS(=O)(=O)N(C)C)cc21. The summed E-state index contributed by atoms with van der Waals surface area (Å²) in [6, 6.07) is 12.2. The first-order valence-electron chi connectivity index (χ1n) is 21.6. The zero-order chi connectivity index (χ0) is 41.3. The second-order valence-corrected chi connectivity index (χ2v) is 20.6. The number of benzene rings is 2. The molecule has 8 rings (SSSR count). The number of nitrogens with zero attached hydrogens (tertiary/aromatic N) is 5. The van der Waals surface area contributed by atoms with Crippen LogP contribution in [0.2, 0.25) is 0 Å². The van der Waals surface area contributed by atoms with Gasteiger partial charge in [-0.15, -0.1) is 0 Å². The highest BCUT2D eigenvalue weighted by molar-refractivity contribution is 7.87. The Kier molecular flexibility index (Phi) is 10.9. The van der Waals surface area contributed by atoms with Crippen LogP contribution in [0.3, 0.4) is 0 Å². The molecule has 2 saturated heterocycles. The number of carbonyl (C=O) groups is 3. The fourth-order valence-electron chi connectivity index (χ4n) is 11.0. The van der Waals surface area contributed by atoms with Gasteiger partial charge in [0.15, 0.2) is 0 Å². The Morgan fingerprint density at radius 1 is 0.862 bits per heavy atom. The number of methoxy groups -OCH3 is 1. The van der Waals surface area contributed by atoms with Crippen molar-refractivity contribution in [1.82, 2.24) is 28.3 Å². The molecule has 2 bridgehead atoms. The van der Waals surface area contributed by atoms with E-state index in [-0.39, 0.29) is 47.3 Å². The van der Waals surface area contributed by atoms with E-state index >= 15 is 4.79 Å². The van der Waals surface area contributed by atoms with E-state index in [0.717, 1.165) is 89.1 Å². The molecule has 0 radical (unpaired) electrons. The van der Waals surface area contributed by atoms with Crippen LogP contribution in [0.5, 0.6) is 5.75 Å². The molecule has 2 saturated carbocycles. The van der Waals surface area contributed by atoms with Crippen LogP contribution >= 0.6 is 0 Å². The molecule has 0 unspecified atom stereocenters. The molecule has 2 aliphatic carbocycles. The number of hydrogen-bond acceptors (Lipinski definition) is 6. The summed E-state index contributed by atoms with van der Waals surface area (Å²) in [5, 5.41) is 1.06. The van der Waals surface area contributed by atoms with Crippen LogP contribution < -0.4 is 9.46 Å². The van der Waals surface area contributed by atoms with Crippen LogP contribution in [-0.4, -0.2) is 109 Å². The summed E-state index contributed by atoms with van der Waals surface area (Å²) in [6.45, 7) is 11.4. The third kappa shape index (κ3) is 7.28. The predicted molar refractivity (Wildman–Crippen MR) is 226 cm³/mol. The molecule has 3 aromatic rings. The lowest BCUT2D eigenvalue weighted by molar-refractivity contribution is -0.139. The molecule has 58 heavy (non-hydrogen) atoms. The lowest BCUT2D eigenvalue weighted by atomic mass is 9.80. The van der Waals surface area contributed by atoms with Crippen LogP contribution in [-0.2, 0) is 28.0 Å². The summed E-state index contributed by atoms with van der Waals surface area (Å²) < 4.78 is 36.8. The number of nitrogens with one attached hydrogen (secondary N) is 1. The summed E-state index contributed by atoms with van der Waals surface area (Å²) in [6.07, 6.45) is 9.15. The molecule has 4 amide bonds. The van der Waals surface area contributed by atoms with Gasteiger partial charge in [0.05, 0.1) is 18.2 Å². The first-order chi connectivity index (χ1) is 27.6. The molecule has 12 nitrogen and oxygen atoms in total. The number of fused-ring (bicyclic) bond motifs is 9. The van der Waals surface area contributed by atoms with E-state index in [0.29, 0.717) is 38.6 Å². The largest absolute Gasteiger partial charge is 0.497 e. The van der Waals surface area contributed by atoms with Crippen molar-refractivity contribution in [2.45, 2.75) is 110 Å². The Labute approximate surface area is 344 Å². The average Bonchev–Trinajstić information content (AvgIpc) is 3.87. The summed E-state index contributed by atoms with van der Waals surface area (Å²) in [5.41, 5.74) is 5.14. The summed E-state index contributed by atoms with van der Waals surface area (Å²) in [7, 11) is 0.460. The number of ether oxygens (including phenoxy) is 1. The van der Waals surface area contributed by atoms with Gasteiger partial charge >= 0.3 is 16.2 Å². The maximum absolute atomic E-state index is 15.4. The van der Waals surface area contributed by atoms with E-state index in [1.165, 1.54) is 26.1 Å². The number of amides is 4. The minimum absolute atomic E-state index is 0.102. The van der Waals surface area contributed by atoms with Crippen molar-refractivity contribution >= 4 is 39.0 Å². The van der Waals surface area contributed by atoms with Gasteiger partial charge in [0.2, 0.25) is 5.91 Å². The van der Waals surface area contributed by atoms with Crippen LogP contribution in [0, 0.1) is 23.2 Å². The average molecular weight is 815 g/mol. The van der Waals surface area contributed by atoms with Gasteiger partial charge in [-0.1, -0.05) is 25.3 Å². The van der Waals surface area contributed by atoms with Crippen molar-refractivity contribution < 1.29 is 27.5 Å². The second kappa shape index (κ2) is 15.5. The van der Waals surface area contributed by atoms with Crippen molar-refractivity contribution in [3.63, 3.8) is 0 Å². The molecule has 314 valence electrons. The lowest BCUT2D eigenvalue weighted by Gasteiger charge is -2.40. The number of urea groups is 1. The van der Waals surface area contributed by atoms with Gasteiger partial charge in [-0.25, -0.2) is 9.52 Å². The summed E-state index contributed by atoms with van der Waals surface area (Å²) in [5.74, 6) is 1.14. The van der Waals surface area contributed by atoms with Crippen molar-refractivity contribution in [2.24, 2.45) is 23.2 Å². The molecule has 1 aromatic heterocycles. The number of hydrogen-bond donors (Lipinski definition) is 1. The zero-order valence-corrected chi connectivity index (χ0v) is 36.2.